The predicted molar refractivity (Wildman–Crippen MR) is 146 cm³/mol. The summed E-state index contributed by atoms with van der Waals surface area (Å²) in [6.07, 6.45) is 6.54. The van der Waals surface area contributed by atoms with E-state index in [4.69, 9.17) is 9.47 Å². The summed E-state index contributed by atoms with van der Waals surface area (Å²) in [6, 6.07) is 4.04. The molecule has 214 valence electrons. The fraction of sp³-hybridized carbons (Fsp3) is 0.533. The number of allylic oxidation sites excluding steroid dienone is 1. The number of hydrogen-bond acceptors (Lipinski definition) is 7. The van der Waals surface area contributed by atoms with Gasteiger partial charge < -0.3 is 29.7 Å². The second-order valence-electron chi connectivity index (χ2n) is 11.3. The van der Waals surface area contributed by atoms with Gasteiger partial charge in [0.1, 0.15) is 23.7 Å². The van der Waals surface area contributed by atoms with Gasteiger partial charge in [0, 0.05) is 18.7 Å². The number of rotatable bonds is 3. The number of likely N-dealkylation sites (tertiary alicyclic amines) is 1. The van der Waals surface area contributed by atoms with Crippen molar-refractivity contribution in [2.75, 3.05) is 24.6 Å². The number of amides is 3. The number of nitrogens with zero attached hydrogens (tertiary/aromatic N) is 2. The van der Waals surface area contributed by atoms with Gasteiger partial charge in [0.05, 0.1) is 31.2 Å². The van der Waals surface area contributed by atoms with Crippen LogP contribution in [0, 0.1) is 25.7 Å². The van der Waals surface area contributed by atoms with Crippen molar-refractivity contribution in [2.45, 2.75) is 70.4 Å². The highest BCUT2D eigenvalue weighted by Gasteiger charge is 2.74. The summed E-state index contributed by atoms with van der Waals surface area (Å²) >= 11 is 0. The molecule has 5 bridgehead atoms. The molecule has 10 nitrogen and oxygen atoms in total. The average molecular weight is 552 g/mol. The van der Waals surface area contributed by atoms with Crippen molar-refractivity contribution >= 4 is 29.4 Å². The van der Waals surface area contributed by atoms with Crippen molar-refractivity contribution in [2.24, 2.45) is 11.8 Å². The summed E-state index contributed by atoms with van der Waals surface area (Å²) in [5, 5.41) is 12.9. The van der Waals surface area contributed by atoms with E-state index in [1.807, 2.05) is 44.2 Å². The minimum atomic E-state index is -1.38. The molecule has 5 rings (SSSR count). The summed E-state index contributed by atoms with van der Waals surface area (Å²) in [5.41, 5.74) is 1.15. The minimum Gasteiger partial charge on any atom is -0.460 e. The van der Waals surface area contributed by atoms with Gasteiger partial charge in [-0.3, -0.25) is 19.2 Å². The van der Waals surface area contributed by atoms with Crippen LogP contribution in [0.3, 0.4) is 0 Å². The molecule has 3 amide bonds. The first-order valence-corrected chi connectivity index (χ1v) is 13.9. The van der Waals surface area contributed by atoms with E-state index in [9.17, 15) is 24.3 Å². The molecule has 4 aliphatic rings. The van der Waals surface area contributed by atoms with E-state index in [0.717, 1.165) is 11.1 Å². The van der Waals surface area contributed by atoms with Gasteiger partial charge in [-0.25, -0.2) is 0 Å². The van der Waals surface area contributed by atoms with Crippen molar-refractivity contribution < 1.29 is 33.8 Å². The predicted octanol–water partition coefficient (Wildman–Crippen LogP) is 1.57. The van der Waals surface area contributed by atoms with E-state index in [-0.39, 0.29) is 37.9 Å². The van der Waals surface area contributed by atoms with Crippen LogP contribution in [0.1, 0.15) is 37.8 Å². The fourth-order valence-electron chi connectivity index (χ4n) is 6.36. The molecule has 0 aliphatic carbocycles. The van der Waals surface area contributed by atoms with E-state index < -0.39 is 53.6 Å². The van der Waals surface area contributed by atoms with Gasteiger partial charge in [0.25, 0.3) is 5.91 Å². The van der Waals surface area contributed by atoms with E-state index in [1.165, 1.54) is 4.90 Å². The Morgan fingerprint density at radius 3 is 2.67 bits per heavy atom. The lowest BCUT2D eigenvalue weighted by atomic mass is 9.74. The molecular formula is C30H37N3O7. The highest BCUT2D eigenvalue weighted by atomic mass is 16.6. The third-order valence-corrected chi connectivity index (χ3v) is 8.38. The number of anilines is 1. The van der Waals surface area contributed by atoms with Crippen LogP contribution in [0.5, 0.6) is 0 Å². The average Bonchev–Trinajstić information content (AvgIpc) is 3.57. The lowest BCUT2D eigenvalue weighted by Crippen LogP contribution is -2.58. The van der Waals surface area contributed by atoms with Crippen molar-refractivity contribution in [1.29, 1.82) is 0 Å². The van der Waals surface area contributed by atoms with Gasteiger partial charge in [-0.15, -0.1) is 0 Å². The molecule has 2 N–H and O–H groups in total. The van der Waals surface area contributed by atoms with Crippen molar-refractivity contribution in [3.63, 3.8) is 0 Å². The first-order chi connectivity index (χ1) is 19.1. The largest absolute Gasteiger partial charge is 0.460 e. The smallest absolute Gasteiger partial charge is 0.313 e. The second-order valence-corrected chi connectivity index (χ2v) is 11.3. The van der Waals surface area contributed by atoms with E-state index in [2.05, 4.69) is 5.32 Å². The number of hydrogen-bond donors (Lipinski definition) is 2. The molecule has 0 aromatic heterocycles. The Labute approximate surface area is 234 Å². The molecule has 4 heterocycles. The molecule has 4 aliphatic heterocycles. The highest BCUT2D eigenvalue weighted by Crippen LogP contribution is 2.56. The maximum absolute atomic E-state index is 14.7. The highest BCUT2D eigenvalue weighted by molar-refractivity contribution is 6.05. The zero-order chi connectivity index (χ0) is 28.8. The summed E-state index contributed by atoms with van der Waals surface area (Å²) in [5.74, 6) is -3.51. The molecule has 10 heteroatoms. The Kier molecular flexibility index (Phi) is 7.58. The number of aliphatic hydroxyl groups is 1. The first kappa shape index (κ1) is 28.0. The van der Waals surface area contributed by atoms with Crippen LogP contribution in [0.15, 0.2) is 42.5 Å². The molecule has 1 aromatic rings. The lowest BCUT2D eigenvalue weighted by Gasteiger charge is -2.38. The molecule has 40 heavy (non-hydrogen) atoms. The van der Waals surface area contributed by atoms with Crippen LogP contribution in [-0.4, -0.2) is 83.3 Å². The van der Waals surface area contributed by atoms with Gasteiger partial charge in [-0.1, -0.05) is 36.4 Å². The van der Waals surface area contributed by atoms with Crippen LogP contribution >= 0.6 is 0 Å². The van der Waals surface area contributed by atoms with Gasteiger partial charge in [0.15, 0.2) is 0 Å². The van der Waals surface area contributed by atoms with Crippen LogP contribution in [0.2, 0.25) is 0 Å². The molecule has 0 saturated carbocycles. The van der Waals surface area contributed by atoms with Crippen LogP contribution in [-0.2, 0) is 28.7 Å². The molecule has 0 unspecified atom stereocenters. The number of fused-ring (bicyclic) bond motifs is 2. The topological polar surface area (TPSA) is 125 Å². The summed E-state index contributed by atoms with van der Waals surface area (Å²) < 4.78 is 12.1. The van der Waals surface area contributed by atoms with Crippen LogP contribution in [0.25, 0.3) is 0 Å². The molecular weight excluding hydrogens is 514 g/mol. The number of nitrogens with one attached hydrogen (secondary N) is 1. The van der Waals surface area contributed by atoms with Crippen molar-refractivity contribution in [1.82, 2.24) is 10.2 Å². The quantitative estimate of drug-likeness (QED) is 0.432. The van der Waals surface area contributed by atoms with E-state index >= 15 is 0 Å². The minimum absolute atomic E-state index is 0.140. The van der Waals surface area contributed by atoms with Crippen molar-refractivity contribution in [3.8, 4) is 0 Å². The van der Waals surface area contributed by atoms with E-state index in [0.29, 0.717) is 12.1 Å². The molecule has 1 aromatic carbocycles. The number of ether oxygens (including phenoxy) is 2. The molecule has 1 spiro atoms. The maximum atomic E-state index is 14.7. The number of carbonyl (C=O) groups excluding carboxylic acids is 4. The SMILES string of the molecule is Cc1ccc(C)c(N2C/C=C\CCC(=O)NC[C@@H](C)OC(=O)[C@@H]3[C@@H]4C=C[C@]5(O4)[C@H](C2=O)N([C@H](C)CO)C(=O)[C@@H]35)c1. The number of cyclic esters (lactones) is 1. The number of aryl methyl sites for hydroxylation is 2. The van der Waals surface area contributed by atoms with Gasteiger partial charge in [-0.2, -0.15) is 0 Å². The zero-order valence-electron chi connectivity index (χ0n) is 23.3. The maximum Gasteiger partial charge on any atom is 0.313 e. The Balaban J connectivity index is 1.63. The van der Waals surface area contributed by atoms with E-state index in [1.54, 1.807) is 30.9 Å². The third-order valence-electron chi connectivity index (χ3n) is 8.38. The monoisotopic (exact) mass is 551 g/mol. The lowest BCUT2D eigenvalue weighted by molar-refractivity contribution is -0.158. The standard InChI is InChI=1S/C30H37N3O7/c1-17-9-10-18(2)21(14-17)32-13-7-5-6-8-23(35)31-15-20(4)39-29(38)24-22-11-12-30(40-22)25(24)27(36)33(19(3)16-34)26(30)28(32)37/h5,7,9-12,14,19-20,22,24-26,34H,6,8,13,15-16H2,1-4H3,(H,31,35)/b7-5-/t19-,20-,22+,24-,25-,26+,30-/m1/s1. The third kappa shape index (κ3) is 4.62. The summed E-state index contributed by atoms with van der Waals surface area (Å²) in [6.45, 7) is 7.19. The summed E-state index contributed by atoms with van der Waals surface area (Å²) in [7, 11) is 0. The van der Waals surface area contributed by atoms with Crippen LogP contribution < -0.4 is 10.2 Å². The molecule has 0 radical (unpaired) electrons. The van der Waals surface area contributed by atoms with Crippen molar-refractivity contribution in [3.05, 3.63) is 53.6 Å². The molecule has 2 saturated heterocycles. The molecule has 2 fully saturated rings. The Morgan fingerprint density at radius 1 is 1.15 bits per heavy atom. The number of benzene rings is 1. The Morgan fingerprint density at radius 2 is 1.93 bits per heavy atom. The first-order valence-electron chi connectivity index (χ1n) is 13.9. The number of esters is 1. The molecule has 7 atom stereocenters. The van der Waals surface area contributed by atoms with Gasteiger partial charge >= 0.3 is 5.97 Å². The number of aliphatic hydroxyl groups excluding tert-OH is 1. The fourth-order valence-corrected chi connectivity index (χ4v) is 6.36. The Bertz CT molecular complexity index is 1280. The Hall–Kier alpha value is -3.50. The van der Waals surface area contributed by atoms with Gasteiger partial charge in [-0.05, 0) is 51.3 Å². The second kappa shape index (κ2) is 10.8. The normalized spacial score (nSPS) is 34.1. The summed E-state index contributed by atoms with van der Waals surface area (Å²) in [4.78, 5) is 57.5. The van der Waals surface area contributed by atoms with Gasteiger partial charge in [0.2, 0.25) is 11.8 Å². The van der Waals surface area contributed by atoms with Crippen LogP contribution in [0.4, 0.5) is 5.69 Å². The zero-order valence-corrected chi connectivity index (χ0v) is 23.3. The number of carbonyl (C=O) groups is 4.